The van der Waals surface area contributed by atoms with E-state index in [0.29, 0.717) is 31.1 Å². The van der Waals surface area contributed by atoms with Gasteiger partial charge in [0.2, 0.25) is 5.91 Å². The first-order valence-electron chi connectivity index (χ1n) is 8.38. The first kappa shape index (κ1) is 19.2. The predicted molar refractivity (Wildman–Crippen MR) is 103 cm³/mol. The van der Waals surface area contributed by atoms with Gasteiger partial charge in [-0.3, -0.25) is 4.79 Å². The molecule has 0 spiro atoms. The average molecular weight is 359 g/mol. The quantitative estimate of drug-likeness (QED) is 0.682. The van der Waals surface area contributed by atoms with E-state index in [2.05, 4.69) is 36.5 Å². The number of nitrogens with one attached hydrogen (secondary N) is 1. The summed E-state index contributed by atoms with van der Waals surface area (Å²) < 4.78 is 10.8. The van der Waals surface area contributed by atoms with Crippen LogP contribution in [0.1, 0.15) is 24.5 Å². The van der Waals surface area contributed by atoms with Crippen molar-refractivity contribution in [2.45, 2.75) is 31.7 Å². The fourth-order valence-corrected chi connectivity index (χ4v) is 3.14. The molecule has 0 bridgehead atoms. The van der Waals surface area contributed by atoms with E-state index < -0.39 is 0 Å². The summed E-state index contributed by atoms with van der Waals surface area (Å²) in [5.74, 6) is 2.22. The van der Waals surface area contributed by atoms with Crippen LogP contribution < -0.4 is 14.8 Å². The zero-order chi connectivity index (χ0) is 18.1. The normalized spacial score (nSPS) is 10.4. The van der Waals surface area contributed by atoms with Crippen molar-refractivity contribution in [3.63, 3.8) is 0 Å². The maximum absolute atomic E-state index is 12.0. The number of benzene rings is 2. The van der Waals surface area contributed by atoms with Crippen LogP contribution in [0.5, 0.6) is 11.5 Å². The van der Waals surface area contributed by atoms with Crippen LogP contribution in [0.4, 0.5) is 0 Å². The van der Waals surface area contributed by atoms with Crippen LogP contribution in [0.15, 0.2) is 47.4 Å². The maximum atomic E-state index is 12.0. The molecule has 1 amide bonds. The van der Waals surface area contributed by atoms with E-state index in [1.165, 1.54) is 10.5 Å². The molecule has 2 aromatic rings. The molecule has 25 heavy (non-hydrogen) atoms. The van der Waals surface area contributed by atoms with Gasteiger partial charge in [0.05, 0.1) is 13.7 Å². The number of hydrogen-bond donors (Lipinski definition) is 1. The van der Waals surface area contributed by atoms with Gasteiger partial charge in [0.1, 0.15) is 0 Å². The number of methoxy groups -OCH3 is 1. The summed E-state index contributed by atoms with van der Waals surface area (Å²) in [4.78, 5) is 13.2. The fraction of sp³-hybridized carbons (Fsp3) is 0.350. The number of aryl methyl sites for hydroxylation is 1. The number of ether oxygens (including phenoxy) is 2. The highest BCUT2D eigenvalue weighted by molar-refractivity contribution is 7.99. The number of amides is 1. The zero-order valence-corrected chi connectivity index (χ0v) is 15.8. The standard InChI is InChI=1S/C20H25NO3S/c1-4-24-19-13-16(7-10-18(19)23-3)14-21-20(22)11-12-25-17-8-5-15(2)6-9-17/h5-10,13H,4,11-12,14H2,1-3H3,(H,21,22). The van der Waals surface area contributed by atoms with Gasteiger partial charge in [0.25, 0.3) is 0 Å². The second-order valence-electron chi connectivity index (χ2n) is 5.61. The highest BCUT2D eigenvalue weighted by Crippen LogP contribution is 2.28. The third-order valence-corrected chi connectivity index (χ3v) is 4.65. The van der Waals surface area contributed by atoms with Crippen molar-refractivity contribution >= 4 is 17.7 Å². The molecule has 0 aliphatic rings. The lowest BCUT2D eigenvalue weighted by Gasteiger charge is -2.11. The predicted octanol–water partition coefficient (Wildman–Crippen LogP) is 4.20. The van der Waals surface area contributed by atoms with Crippen LogP contribution in [-0.4, -0.2) is 25.4 Å². The molecule has 1 N–H and O–H groups in total. The molecule has 2 aromatic carbocycles. The second kappa shape index (κ2) is 9.99. The molecule has 0 aromatic heterocycles. The Hall–Kier alpha value is -2.14. The first-order chi connectivity index (χ1) is 12.1. The van der Waals surface area contributed by atoms with Crippen molar-refractivity contribution in [1.29, 1.82) is 0 Å². The van der Waals surface area contributed by atoms with Gasteiger partial charge < -0.3 is 14.8 Å². The summed E-state index contributed by atoms with van der Waals surface area (Å²) in [7, 11) is 1.62. The van der Waals surface area contributed by atoms with E-state index in [4.69, 9.17) is 9.47 Å². The van der Waals surface area contributed by atoms with E-state index in [1.807, 2.05) is 25.1 Å². The topological polar surface area (TPSA) is 47.6 Å². The minimum atomic E-state index is 0.0494. The smallest absolute Gasteiger partial charge is 0.221 e. The van der Waals surface area contributed by atoms with Crippen LogP contribution >= 0.6 is 11.8 Å². The molecule has 0 unspecified atom stereocenters. The highest BCUT2D eigenvalue weighted by Gasteiger charge is 2.07. The molecule has 0 saturated heterocycles. The number of hydrogen-bond acceptors (Lipinski definition) is 4. The van der Waals surface area contributed by atoms with Crippen LogP contribution in [-0.2, 0) is 11.3 Å². The summed E-state index contributed by atoms with van der Waals surface area (Å²) in [6, 6.07) is 14.0. The van der Waals surface area contributed by atoms with Crippen LogP contribution in [0.3, 0.4) is 0 Å². The number of thioether (sulfide) groups is 1. The van der Waals surface area contributed by atoms with Gasteiger partial charge in [-0.05, 0) is 43.7 Å². The summed E-state index contributed by atoms with van der Waals surface area (Å²) in [6.45, 7) is 5.05. The minimum Gasteiger partial charge on any atom is -0.493 e. The highest BCUT2D eigenvalue weighted by atomic mass is 32.2. The van der Waals surface area contributed by atoms with Crippen molar-refractivity contribution in [3.05, 3.63) is 53.6 Å². The molecule has 0 saturated carbocycles. The average Bonchev–Trinajstić information content (AvgIpc) is 2.62. The summed E-state index contributed by atoms with van der Waals surface area (Å²) in [5, 5.41) is 2.95. The molecule has 4 nitrogen and oxygen atoms in total. The van der Waals surface area contributed by atoms with Gasteiger partial charge >= 0.3 is 0 Å². The molecule has 0 aliphatic carbocycles. The van der Waals surface area contributed by atoms with Gasteiger partial charge in [-0.1, -0.05) is 23.8 Å². The van der Waals surface area contributed by atoms with Gasteiger partial charge in [0.15, 0.2) is 11.5 Å². The molecular formula is C20H25NO3S. The molecule has 5 heteroatoms. The van der Waals surface area contributed by atoms with Crippen molar-refractivity contribution in [3.8, 4) is 11.5 Å². The van der Waals surface area contributed by atoms with Crippen molar-refractivity contribution in [1.82, 2.24) is 5.32 Å². The molecule has 134 valence electrons. The summed E-state index contributed by atoms with van der Waals surface area (Å²) in [5.41, 5.74) is 2.23. The van der Waals surface area contributed by atoms with Gasteiger partial charge in [-0.15, -0.1) is 11.8 Å². The summed E-state index contributed by atoms with van der Waals surface area (Å²) >= 11 is 1.70. The Morgan fingerprint density at radius 3 is 2.56 bits per heavy atom. The van der Waals surface area contributed by atoms with Crippen molar-refractivity contribution in [2.75, 3.05) is 19.5 Å². The number of rotatable bonds is 9. The van der Waals surface area contributed by atoms with Crippen LogP contribution in [0.2, 0.25) is 0 Å². The molecule has 0 atom stereocenters. The molecular weight excluding hydrogens is 334 g/mol. The molecule has 0 aliphatic heterocycles. The third-order valence-electron chi connectivity index (χ3n) is 3.64. The van der Waals surface area contributed by atoms with E-state index in [9.17, 15) is 4.79 Å². The van der Waals surface area contributed by atoms with Crippen molar-refractivity contribution < 1.29 is 14.3 Å². The molecule has 0 fully saturated rings. The molecule has 2 rings (SSSR count). The van der Waals surface area contributed by atoms with Crippen LogP contribution in [0, 0.1) is 6.92 Å². The summed E-state index contributed by atoms with van der Waals surface area (Å²) in [6.07, 6.45) is 0.493. The Morgan fingerprint density at radius 2 is 1.88 bits per heavy atom. The maximum Gasteiger partial charge on any atom is 0.221 e. The lowest BCUT2D eigenvalue weighted by Crippen LogP contribution is -2.23. The minimum absolute atomic E-state index is 0.0494. The zero-order valence-electron chi connectivity index (χ0n) is 15.0. The fourth-order valence-electron chi connectivity index (χ4n) is 2.28. The third kappa shape index (κ3) is 6.35. The van der Waals surface area contributed by atoms with E-state index >= 15 is 0 Å². The van der Waals surface area contributed by atoms with E-state index in [0.717, 1.165) is 11.3 Å². The lowest BCUT2D eigenvalue weighted by molar-refractivity contribution is -0.120. The Kier molecular flexibility index (Phi) is 7.67. The Balaban J connectivity index is 1.77. The van der Waals surface area contributed by atoms with E-state index in [-0.39, 0.29) is 5.91 Å². The largest absolute Gasteiger partial charge is 0.493 e. The first-order valence-corrected chi connectivity index (χ1v) is 9.36. The van der Waals surface area contributed by atoms with Gasteiger partial charge in [-0.25, -0.2) is 0 Å². The number of carbonyl (C=O) groups excluding carboxylic acids is 1. The van der Waals surface area contributed by atoms with Gasteiger partial charge in [0, 0.05) is 23.6 Å². The Labute approximate surface area is 153 Å². The van der Waals surface area contributed by atoms with E-state index in [1.54, 1.807) is 18.9 Å². The second-order valence-corrected chi connectivity index (χ2v) is 6.77. The van der Waals surface area contributed by atoms with Crippen LogP contribution in [0.25, 0.3) is 0 Å². The Morgan fingerprint density at radius 1 is 1.12 bits per heavy atom. The lowest BCUT2D eigenvalue weighted by atomic mass is 10.2. The SMILES string of the molecule is CCOc1cc(CNC(=O)CCSc2ccc(C)cc2)ccc1OC. The molecule has 0 heterocycles. The monoisotopic (exact) mass is 359 g/mol. The van der Waals surface area contributed by atoms with Crippen molar-refractivity contribution in [2.24, 2.45) is 0 Å². The van der Waals surface area contributed by atoms with Gasteiger partial charge in [-0.2, -0.15) is 0 Å². The Bertz CT molecular complexity index is 686. The number of carbonyl (C=O) groups is 1. The molecule has 0 radical (unpaired) electrons.